The molecular formula is C29H31FN6O2S2. The molecule has 208 valence electrons. The summed E-state index contributed by atoms with van der Waals surface area (Å²) in [5.74, 6) is -0.112. The number of hydrogen-bond donors (Lipinski definition) is 2. The number of pyridine rings is 1. The van der Waals surface area contributed by atoms with Crippen LogP contribution in [0.5, 0.6) is 0 Å². The highest BCUT2D eigenvalue weighted by molar-refractivity contribution is 7.92. The summed E-state index contributed by atoms with van der Waals surface area (Å²) >= 11 is 1.49. The largest absolute Gasteiger partial charge is 0.370 e. The van der Waals surface area contributed by atoms with Gasteiger partial charge in [-0.2, -0.15) is 5.26 Å². The third kappa shape index (κ3) is 5.47. The summed E-state index contributed by atoms with van der Waals surface area (Å²) in [5, 5.41) is 13.2. The van der Waals surface area contributed by atoms with Gasteiger partial charge in [-0.1, -0.05) is 25.0 Å². The first-order chi connectivity index (χ1) is 19.3. The molecule has 2 aromatic heterocycles. The number of benzene rings is 1. The van der Waals surface area contributed by atoms with E-state index in [1.807, 2.05) is 24.3 Å². The molecule has 2 N–H and O–H groups in total. The molecule has 1 aromatic carbocycles. The summed E-state index contributed by atoms with van der Waals surface area (Å²) in [4.78, 5) is 25.9. The van der Waals surface area contributed by atoms with Crippen LogP contribution < -0.4 is 10.2 Å². The molecule has 3 heterocycles. The predicted molar refractivity (Wildman–Crippen MR) is 154 cm³/mol. The lowest BCUT2D eigenvalue weighted by molar-refractivity contribution is -0.127. The molecule has 1 amide bonds. The molecule has 1 saturated heterocycles. The molecule has 2 unspecified atom stereocenters. The highest BCUT2D eigenvalue weighted by atomic mass is 32.2. The van der Waals surface area contributed by atoms with Crippen molar-refractivity contribution < 1.29 is 13.4 Å². The van der Waals surface area contributed by atoms with Gasteiger partial charge in [-0.25, -0.2) is 13.6 Å². The normalized spacial score (nSPS) is 23.2. The molecule has 40 heavy (non-hydrogen) atoms. The average Bonchev–Trinajstić information content (AvgIpc) is 3.60. The molecule has 6 rings (SSSR count). The Morgan fingerprint density at radius 3 is 2.52 bits per heavy atom. The molecule has 3 aromatic rings. The van der Waals surface area contributed by atoms with Crippen LogP contribution in [0.2, 0.25) is 0 Å². The summed E-state index contributed by atoms with van der Waals surface area (Å²) in [7, 11) is -2.47. The van der Waals surface area contributed by atoms with E-state index in [4.69, 9.17) is 9.76 Å². The summed E-state index contributed by atoms with van der Waals surface area (Å²) in [6.45, 7) is 1.19. The number of carbonyl (C=O) groups is 1. The molecule has 8 nitrogen and oxygen atoms in total. The third-order valence-corrected chi connectivity index (χ3v) is 11.1. The Hall–Kier alpha value is -3.36. The van der Waals surface area contributed by atoms with Crippen molar-refractivity contribution in [3.05, 3.63) is 54.1 Å². The number of amides is 1. The van der Waals surface area contributed by atoms with E-state index < -0.39 is 21.1 Å². The highest BCUT2D eigenvalue weighted by Gasteiger charge is 2.47. The van der Waals surface area contributed by atoms with Crippen LogP contribution in [0.3, 0.4) is 0 Å². The Kier molecular flexibility index (Phi) is 7.09. The zero-order valence-corrected chi connectivity index (χ0v) is 23.7. The number of aromatic nitrogens is 2. The zero-order chi connectivity index (χ0) is 27.9. The maximum Gasteiger partial charge on any atom is 0.225 e. The van der Waals surface area contributed by atoms with Crippen LogP contribution in [0.15, 0.2) is 42.6 Å². The van der Waals surface area contributed by atoms with E-state index in [0.717, 1.165) is 47.5 Å². The van der Waals surface area contributed by atoms with Crippen molar-refractivity contribution in [1.29, 1.82) is 10.0 Å². The second-order valence-corrected chi connectivity index (χ2v) is 14.5. The third-order valence-electron chi connectivity index (χ3n) is 8.26. The molecule has 1 aliphatic heterocycles. The summed E-state index contributed by atoms with van der Waals surface area (Å²) < 4.78 is 33.6. The van der Waals surface area contributed by atoms with Crippen LogP contribution in [-0.4, -0.2) is 50.2 Å². The zero-order valence-electron chi connectivity index (χ0n) is 22.1. The molecule has 0 bridgehead atoms. The lowest BCUT2D eigenvalue weighted by Crippen LogP contribution is -2.42. The van der Waals surface area contributed by atoms with Crippen molar-refractivity contribution in [2.75, 3.05) is 29.5 Å². The van der Waals surface area contributed by atoms with Crippen LogP contribution >= 0.6 is 11.3 Å². The minimum atomic E-state index is -2.47. The van der Waals surface area contributed by atoms with Crippen LogP contribution in [0, 0.1) is 27.8 Å². The van der Waals surface area contributed by atoms with Crippen molar-refractivity contribution in [2.45, 2.75) is 50.0 Å². The molecule has 2 saturated carbocycles. The first-order valence-corrected chi connectivity index (χ1v) is 16.4. The Bertz CT molecular complexity index is 1550. The fourth-order valence-corrected chi connectivity index (χ4v) is 8.06. The quantitative estimate of drug-likeness (QED) is 0.408. The van der Waals surface area contributed by atoms with Crippen LogP contribution in [0.4, 0.5) is 10.1 Å². The van der Waals surface area contributed by atoms with Crippen LogP contribution in [-0.2, 0) is 14.5 Å². The van der Waals surface area contributed by atoms with Gasteiger partial charge in [0.2, 0.25) is 5.91 Å². The molecular weight excluding hydrogens is 547 g/mol. The molecule has 2 atom stereocenters. The second-order valence-electron chi connectivity index (χ2n) is 11.0. The smallest absolute Gasteiger partial charge is 0.225 e. The van der Waals surface area contributed by atoms with Crippen LogP contribution in [0.1, 0.15) is 50.1 Å². The summed E-state index contributed by atoms with van der Waals surface area (Å²) in [6, 6.07) is 13.4. The van der Waals surface area contributed by atoms with Gasteiger partial charge >= 0.3 is 0 Å². The average molecular weight is 579 g/mol. The van der Waals surface area contributed by atoms with Gasteiger partial charge in [0, 0.05) is 51.8 Å². The van der Waals surface area contributed by atoms with Crippen molar-refractivity contribution in [1.82, 2.24) is 15.3 Å². The number of rotatable bonds is 6. The van der Waals surface area contributed by atoms with Crippen LogP contribution in [0.25, 0.3) is 21.1 Å². The van der Waals surface area contributed by atoms with E-state index in [2.05, 4.69) is 21.3 Å². The number of hydrogen-bond acceptors (Lipinski definition) is 8. The van der Waals surface area contributed by atoms with Crippen molar-refractivity contribution in [2.24, 2.45) is 5.92 Å². The number of nitrogens with zero attached hydrogens (tertiary/aromatic N) is 4. The maximum absolute atomic E-state index is 13.6. The van der Waals surface area contributed by atoms with Crippen molar-refractivity contribution >= 4 is 32.7 Å². The topological polar surface area (TPSA) is 123 Å². The van der Waals surface area contributed by atoms with Gasteiger partial charge in [0.15, 0.2) is 0 Å². The fraction of sp³-hybridized carbons (Fsp3) is 0.448. The van der Waals surface area contributed by atoms with Gasteiger partial charge in [-0.05, 0) is 55.5 Å². The lowest BCUT2D eigenvalue weighted by atomic mass is 9.76. The number of anilines is 1. The lowest BCUT2D eigenvalue weighted by Gasteiger charge is -2.31. The van der Waals surface area contributed by atoms with Gasteiger partial charge in [0.25, 0.3) is 0 Å². The monoisotopic (exact) mass is 578 g/mol. The van der Waals surface area contributed by atoms with E-state index in [0.29, 0.717) is 48.1 Å². The number of thiazole rings is 1. The first-order valence-electron chi connectivity index (χ1n) is 13.7. The fourth-order valence-electron chi connectivity index (χ4n) is 5.70. The van der Waals surface area contributed by atoms with Gasteiger partial charge < -0.3 is 10.2 Å². The van der Waals surface area contributed by atoms with Gasteiger partial charge in [-0.15, -0.1) is 11.3 Å². The Morgan fingerprint density at radius 1 is 1.15 bits per heavy atom. The molecule has 3 aliphatic rings. The van der Waals surface area contributed by atoms with Gasteiger partial charge in [0.05, 0.1) is 28.5 Å². The molecule has 0 spiro atoms. The van der Waals surface area contributed by atoms with E-state index in [1.165, 1.54) is 23.6 Å². The van der Waals surface area contributed by atoms with E-state index in [9.17, 15) is 18.7 Å². The number of halogens is 1. The molecule has 2 aliphatic carbocycles. The van der Waals surface area contributed by atoms with Crippen molar-refractivity contribution in [3.63, 3.8) is 0 Å². The molecule has 3 fully saturated rings. The highest BCUT2D eigenvalue weighted by Crippen LogP contribution is 2.46. The van der Waals surface area contributed by atoms with E-state index in [-0.39, 0.29) is 17.7 Å². The predicted octanol–water partition coefficient (Wildman–Crippen LogP) is 5.32. The minimum Gasteiger partial charge on any atom is -0.370 e. The summed E-state index contributed by atoms with van der Waals surface area (Å²) in [6.07, 6.45) is 6.08. The van der Waals surface area contributed by atoms with Crippen molar-refractivity contribution in [3.8, 4) is 27.2 Å². The number of nitriles is 1. The Balaban J connectivity index is 1.35. The molecule has 11 heteroatoms. The Morgan fingerprint density at radius 2 is 1.88 bits per heavy atom. The second kappa shape index (κ2) is 10.6. The van der Waals surface area contributed by atoms with Gasteiger partial charge in [0.1, 0.15) is 16.4 Å². The maximum atomic E-state index is 13.6. The number of carbonyl (C=O) groups excluding carboxylic acids is 1. The SMILES string of the molecule is N#CC1(NC(=O)C2CCCCC2c2nc(-c3ccc(F)cn3)sc2-c2ccc(N3CCS(=N)(=O)CC3)cc2)CC1. The summed E-state index contributed by atoms with van der Waals surface area (Å²) in [5.41, 5.74) is 2.72. The number of nitrogens with one attached hydrogen (secondary N) is 2. The first kappa shape index (κ1) is 26.8. The Labute approximate surface area is 237 Å². The molecule has 0 radical (unpaired) electrons. The van der Waals surface area contributed by atoms with Gasteiger partial charge in [-0.3, -0.25) is 14.6 Å². The standard InChI is InChI=1S/C29H31FN6O2S2/c30-20-7-10-24(33-17-20)28-34-25(22-3-1-2-4-23(22)27(37)35-29(18-31)11-12-29)26(39-28)19-5-8-21(9-6-19)36-13-15-40(32,38)16-14-36/h5-10,17,22-23,32H,1-4,11-16H2,(H,35,37). The van der Waals surface area contributed by atoms with E-state index in [1.54, 1.807) is 6.07 Å². The minimum absolute atomic E-state index is 0.0735. The van der Waals surface area contributed by atoms with E-state index >= 15 is 0 Å².